The molecule has 19 heavy (non-hydrogen) atoms. The average Bonchev–Trinajstić information content (AvgIpc) is 2.11. The lowest BCUT2D eigenvalue weighted by Gasteiger charge is -2.23. The van der Waals surface area contributed by atoms with Crippen molar-refractivity contribution in [2.45, 2.75) is 51.7 Å². The number of amides is 1. The van der Waals surface area contributed by atoms with E-state index in [2.05, 4.69) is 5.32 Å². The number of nitrogens with one attached hydrogen (secondary N) is 1. The monoisotopic (exact) mass is 314 g/mol. The molecule has 1 atom stereocenters. The molecule has 0 rings (SSSR count). The minimum absolute atomic E-state index is 0.321. The number of ether oxygens (including phenoxy) is 1. The molecule has 1 unspecified atom stereocenters. The molecule has 6 nitrogen and oxygen atoms in total. The van der Waals surface area contributed by atoms with Crippen LogP contribution in [0.1, 0.15) is 40.0 Å². The van der Waals surface area contributed by atoms with Gasteiger partial charge in [0.1, 0.15) is 5.60 Å². The maximum absolute atomic E-state index is 11.6. The third-order valence-corrected chi connectivity index (χ3v) is 3.31. The lowest BCUT2D eigenvalue weighted by Crippen LogP contribution is -2.42. The van der Waals surface area contributed by atoms with Crippen molar-refractivity contribution >= 4 is 25.8 Å². The first-order valence-electron chi connectivity index (χ1n) is 6.15. The average molecular weight is 315 g/mol. The highest BCUT2D eigenvalue weighted by Crippen LogP contribution is 2.10. The van der Waals surface area contributed by atoms with Gasteiger partial charge < -0.3 is 15.8 Å². The normalized spacial score (nSPS) is 13.9. The number of carbonyl (C=O) groups is 1. The number of nitrogens with two attached hydrogens (primary N) is 1. The van der Waals surface area contributed by atoms with E-state index in [9.17, 15) is 13.2 Å². The fraction of sp³-hybridized carbons (Fsp3) is 0.909. The first-order valence-corrected chi connectivity index (χ1v) is 8.63. The molecule has 0 spiro atoms. The first-order chi connectivity index (χ1) is 8.53. The summed E-state index contributed by atoms with van der Waals surface area (Å²) in [6.45, 7) is 5.71. The van der Waals surface area contributed by atoms with Gasteiger partial charge in [0.15, 0.2) is 0 Å². The van der Waals surface area contributed by atoms with Crippen LogP contribution < -0.4 is 11.1 Å². The maximum atomic E-state index is 11.6. The molecule has 8 heteroatoms. The Kier molecular flexibility index (Phi) is 7.69. The topological polar surface area (TPSA) is 98.5 Å². The number of alkyl carbamates (subject to hydrolysis) is 1. The largest absolute Gasteiger partial charge is 0.444 e. The van der Waals surface area contributed by atoms with E-state index in [4.69, 9.17) is 21.2 Å². The summed E-state index contributed by atoms with van der Waals surface area (Å²) in [6.07, 6.45) is 1.31. The van der Waals surface area contributed by atoms with Gasteiger partial charge in [-0.15, -0.1) is 0 Å². The van der Waals surface area contributed by atoms with Crippen molar-refractivity contribution in [1.29, 1.82) is 0 Å². The van der Waals surface area contributed by atoms with Crippen LogP contribution in [0.15, 0.2) is 0 Å². The van der Waals surface area contributed by atoms with E-state index >= 15 is 0 Å². The zero-order chi connectivity index (χ0) is 15.1. The van der Waals surface area contributed by atoms with Crippen LogP contribution in [-0.2, 0) is 13.8 Å². The summed E-state index contributed by atoms with van der Waals surface area (Å²) < 4.78 is 27.3. The Morgan fingerprint density at radius 2 is 1.95 bits per heavy atom. The second-order valence-electron chi connectivity index (χ2n) is 5.33. The van der Waals surface area contributed by atoms with Gasteiger partial charge in [0.2, 0.25) is 9.05 Å². The van der Waals surface area contributed by atoms with Gasteiger partial charge in [0, 0.05) is 16.7 Å². The van der Waals surface area contributed by atoms with Gasteiger partial charge in [-0.05, 0) is 40.2 Å². The van der Waals surface area contributed by atoms with Gasteiger partial charge in [0.25, 0.3) is 0 Å². The third kappa shape index (κ3) is 12.3. The lowest BCUT2D eigenvalue weighted by molar-refractivity contribution is 0.0507. The van der Waals surface area contributed by atoms with E-state index in [-0.39, 0.29) is 5.75 Å². The summed E-state index contributed by atoms with van der Waals surface area (Å²) >= 11 is 0. The quantitative estimate of drug-likeness (QED) is 0.549. The molecule has 3 N–H and O–H groups in total. The smallest absolute Gasteiger partial charge is 0.407 e. The molecule has 114 valence electrons. The van der Waals surface area contributed by atoms with Crippen molar-refractivity contribution in [1.82, 2.24) is 5.32 Å². The molecule has 0 bridgehead atoms. The summed E-state index contributed by atoms with van der Waals surface area (Å²) in [5, 5.41) is 2.52. The van der Waals surface area contributed by atoms with Gasteiger partial charge in [-0.25, -0.2) is 13.2 Å². The van der Waals surface area contributed by atoms with Crippen LogP contribution in [0.4, 0.5) is 4.79 Å². The van der Waals surface area contributed by atoms with Crippen molar-refractivity contribution in [2.24, 2.45) is 5.73 Å². The van der Waals surface area contributed by atoms with Crippen molar-refractivity contribution in [3.05, 3.63) is 0 Å². The molecule has 0 saturated heterocycles. The molecular weight excluding hydrogens is 292 g/mol. The number of carbonyl (C=O) groups excluding carboxylic acids is 1. The fourth-order valence-corrected chi connectivity index (χ4v) is 2.63. The lowest BCUT2D eigenvalue weighted by atomic mass is 10.1. The molecule has 0 aromatic heterocycles. The molecule has 0 aromatic rings. The van der Waals surface area contributed by atoms with E-state index in [0.29, 0.717) is 19.4 Å². The number of halogens is 1. The third-order valence-electron chi connectivity index (χ3n) is 2.13. The second kappa shape index (κ2) is 7.91. The Morgan fingerprint density at radius 3 is 2.37 bits per heavy atom. The standard InChI is InChI=1S/C11H23ClN2O4S/c1-11(2,3)18-10(15)14-9(6-4-5-7-13)8-19(12,16)17/h9H,4-8,13H2,1-3H3,(H,14,15). The highest BCUT2D eigenvalue weighted by Gasteiger charge is 2.22. The highest BCUT2D eigenvalue weighted by molar-refractivity contribution is 8.13. The summed E-state index contributed by atoms with van der Waals surface area (Å²) in [6, 6.07) is -0.566. The minimum atomic E-state index is -3.68. The molecule has 0 aliphatic carbocycles. The van der Waals surface area contributed by atoms with Crippen molar-refractivity contribution in [3.63, 3.8) is 0 Å². The van der Waals surface area contributed by atoms with Gasteiger partial charge >= 0.3 is 6.09 Å². The van der Waals surface area contributed by atoms with Crippen LogP contribution in [-0.4, -0.2) is 38.5 Å². The van der Waals surface area contributed by atoms with Gasteiger partial charge in [-0.2, -0.15) is 0 Å². The van der Waals surface area contributed by atoms with E-state index < -0.39 is 26.8 Å². The number of rotatable bonds is 7. The Morgan fingerprint density at radius 1 is 1.37 bits per heavy atom. The van der Waals surface area contributed by atoms with Crippen molar-refractivity contribution in [2.75, 3.05) is 12.3 Å². The SMILES string of the molecule is CC(C)(C)OC(=O)NC(CCCCN)CS(=O)(=O)Cl. The molecule has 1 amide bonds. The Balaban J connectivity index is 4.44. The number of hydrogen-bond acceptors (Lipinski definition) is 5. The van der Waals surface area contributed by atoms with Crippen LogP contribution in [0.2, 0.25) is 0 Å². The van der Waals surface area contributed by atoms with E-state index in [1.165, 1.54) is 0 Å². The van der Waals surface area contributed by atoms with Crippen molar-refractivity contribution < 1.29 is 17.9 Å². The molecular formula is C11H23ClN2O4S. The molecule has 0 heterocycles. The first kappa shape index (κ1) is 18.5. The molecule has 0 aliphatic rings. The zero-order valence-corrected chi connectivity index (χ0v) is 13.2. The van der Waals surface area contributed by atoms with E-state index in [1.807, 2.05) is 0 Å². The van der Waals surface area contributed by atoms with Crippen LogP contribution in [0, 0.1) is 0 Å². The highest BCUT2D eigenvalue weighted by atomic mass is 35.7. The summed E-state index contributed by atoms with van der Waals surface area (Å²) in [4.78, 5) is 11.6. The number of hydrogen-bond donors (Lipinski definition) is 2. The van der Waals surface area contributed by atoms with Gasteiger partial charge in [-0.3, -0.25) is 0 Å². The van der Waals surface area contributed by atoms with E-state index in [1.54, 1.807) is 20.8 Å². The van der Waals surface area contributed by atoms with E-state index in [0.717, 1.165) is 6.42 Å². The minimum Gasteiger partial charge on any atom is -0.444 e. The molecule has 0 fully saturated rings. The Labute approximate surface area is 119 Å². The van der Waals surface area contributed by atoms with Crippen LogP contribution in [0.3, 0.4) is 0 Å². The fourth-order valence-electron chi connectivity index (χ4n) is 1.45. The van der Waals surface area contributed by atoms with Gasteiger partial charge in [-0.1, -0.05) is 6.42 Å². The van der Waals surface area contributed by atoms with Crippen LogP contribution >= 0.6 is 10.7 Å². The predicted octanol–water partition coefficient (Wildman–Crippen LogP) is 1.58. The van der Waals surface area contributed by atoms with Gasteiger partial charge in [0.05, 0.1) is 5.75 Å². The molecule has 0 saturated carbocycles. The Hall–Kier alpha value is -0.530. The summed E-state index contributed by atoms with van der Waals surface area (Å²) in [7, 11) is 1.53. The summed E-state index contributed by atoms with van der Waals surface area (Å²) in [5.74, 6) is -0.321. The Bertz CT molecular complexity index is 379. The molecule has 0 aliphatic heterocycles. The van der Waals surface area contributed by atoms with Crippen LogP contribution in [0.5, 0.6) is 0 Å². The maximum Gasteiger partial charge on any atom is 0.407 e. The second-order valence-corrected chi connectivity index (χ2v) is 8.15. The zero-order valence-electron chi connectivity index (χ0n) is 11.6. The van der Waals surface area contributed by atoms with Crippen molar-refractivity contribution in [3.8, 4) is 0 Å². The van der Waals surface area contributed by atoms with Crippen LogP contribution in [0.25, 0.3) is 0 Å². The predicted molar refractivity (Wildman–Crippen MR) is 75.7 cm³/mol. The molecule has 0 radical (unpaired) electrons. The summed E-state index contributed by atoms with van der Waals surface area (Å²) in [5.41, 5.74) is 4.74. The molecule has 0 aromatic carbocycles. The number of unbranched alkanes of at least 4 members (excludes halogenated alkanes) is 1.